The minimum atomic E-state index is -4.73. The van der Waals surface area contributed by atoms with Gasteiger partial charge in [-0.2, -0.15) is 13.2 Å². The second-order valence-corrected chi connectivity index (χ2v) is 8.09. The number of nitrogens with one attached hydrogen (secondary N) is 2. The van der Waals surface area contributed by atoms with Crippen LogP contribution in [0.15, 0.2) is 47.5 Å². The Morgan fingerprint density at radius 2 is 1.97 bits per heavy atom. The van der Waals surface area contributed by atoms with Gasteiger partial charge in [0.1, 0.15) is 6.04 Å². The minimum Gasteiger partial charge on any atom is -0.369 e. The van der Waals surface area contributed by atoms with Gasteiger partial charge in [-0.05, 0) is 49.3 Å². The zero-order chi connectivity index (χ0) is 21.7. The van der Waals surface area contributed by atoms with Crippen LogP contribution in [0, 0.1) is 0 Å². The van der Waals surface area contributed by atoms with Gasteiger partial charge in [-0.25, -0.2) is 0 Å². The van der Waals surface area contributed by atoms with Gasteiger partial charge in [0.25, 0.3) is 5.91 Å². The Kier molecular flexibility index (Phi) is 7.20. The second-order valence-electron chi connectivity index (χ2n) is 6.84. The number of hydrogen-bond acceptors (Lipinski definition) is 4. The summed E-state index contributed by atoms with van der Waals surface area (Å²) < 4.78 is 40.5. The molecule has 1 aromatic heterocycles. The molecule has 1 aromatic carbocycles. The molecule has 2 N–H and O–H groups in total. The van der Waals surface area contributed by atoms with E-state index in [1.807, 2.05) is 6.08 Å². The van der Waals surface area contributed by atoms with E-state index in [9.17, 15) is 22.8 Å². The fourth-order valence-corrected chi connectivity index (χ4v) is 4.24. The molecule has 0 radical (unpaired) electrons. The minimum absolute atomic E-state index is 0.0818. The molecule has 1 amide bonds. The molecule has 9 heteroatoms. The first-order valence-electron chi connectivity index (χ1n) is 9.40. The lowest BCUT2D eigenvalue weighted by Gasteiger charge is -2.23. The number of anilines is 1. The summed E-state index contributed by atoms with van der Waals surface area (Å²) >= 11 is 6.87. The lowest BCUT2D eigenvalue weighted by Crippen LogP contribution is -2.33. The molecule has 0 bridgehead atoms. The van der Waals surface area contributed by atoms with Gasteiger partial charge in [-0.15, -0.1) is 22.9 Å². The molecule has 1 unspecified atom stereocenters. The molecule has 1 atom stereocenters. The highest BCUT2D eigenvalue weighted by Gasteiger charge is 2.37. The summed E-state index contributed by atoms with van der Waals surface area (Å²) in [6, 6.07) is 5.88. The SMILES string of the molecule is O=C(CCl)c1c(NC(C(=O)NC2=CCCCC2)c2cccs2)cccc1C(F)(F)F. The number of alkyl halides is 4. The Labute approximate surface area is 181 Å². The smallest absolute Gasteiger partial charge is 0.369 e. The molecule has 0 saturated heterocycles. The topological polar surface area (TPSA) is 58.2 Å². The van der Waals surface area contributed by atoms with Gasteiger partial charge >= 0.3 is 6.18 Å². The Morgan fingerprint density at radius 1 is 1.17 bits per heavy atom. The molecule has 2 aromatic rings. The van der Waals surface area contributed by atoms with E-state index in [1.165, 1.54) is 23.5 Å². The van der Waals surface area contributed by atoms with Crippen LogP contribution in [0.5, 0.6) is 0 Å². The van der Waals surface area contributed by atoms with Crippen molar-refractivity contribution in [3.05, 3.63) is 63.5 Å². The molecule has 0 aliphatic heterocycles. The van der Waals surface area contributed by atoms with E-state index in [1.54, 1.807) is 17.5 Å². The van der Waals surface area contributed by atoms with E-state index in [2.05, 4.69) is 10.6 Å². The summed E-state index contributed by atoms with van der Waals surface area (Å²) in [6.45, 7) is 0. The Hall–Kier alpha value is -2.32. The number of benzene rings is 1. The summed E-state index contributed by atoms with van der Waals surface area (Å²) in [5.74, 6) is -1.87. The van der Waals surface area contributed by atoms with Crippen LogP contribution in [-0.2, 0) is 11.0 Å². The first-order chi connectivity index (χ1) is 14.3. The highest BCUT2D eigenvalue weighted by atomic mass is 35.5. The van der Waals surface area contributed by atoms with Gasteiger partial charge in [0.05, 0.1) is 17.0 Å². The summed E-state index contributed by atoms with van der Waals surface area (Å²) in [7, 11) is 0. The largest absolute Gasteiger partial charge is 0.417 e. The zero-order valence-electron chi connectivity index (χ0n) is 15.9. The van der Waals surface area contributed by atoms with Crippen LogP contribution in [-0.4, -0.2) is 17.6 Å². The van der Waals surface area contributed by atoms with Crippen LogP contribution >= 0.6 is 22.9 Å². The number of halogens is 4. The van der Waals surface area contributed by atoms with Crippen LogP contribution in [0.1, 0.15) is 52.5 Å². The third-order valence-electron chi connectivity index (χ3n) is 4.73. The predicted molar refractivity (Wildman–Crippen MR) is 112 cm³/mol. The molecule has 3 rings (SSSR count). The number of carbonyl (C=O) groups is 2. The first kappa shape index (κ1) is 22.4. The summed E-state index contributed by atoms with van der Waals surface area (Å²) in [5, 5.41) is 7.50. The number of Topliss-reactive ketones (excluding diaryl/α,β-unsaturated/α-hetero) is 1. The molecule has 160 valence electrons. The normalized spacial score (nSPS) is 15.3. The van der Waals surface area contributed by atoms with Crippen LogP contribution in [0.25, 0.3) is 0 Å². The highest BCUT2D eigenvalue weighted by Crippen LogP contribution is 2.37. The van der Waals surface area contributed by atoms with E-state index in [4.69, 9.17) is 11.6 Å². The zero-order valence-corrected chi connectivity index (χ0v) is 17.5. The molecule has 30 heavy (non-hydrogen) atoms. The van der Waals surface area contributed by atoms with Gasteiger partial charge in [0.15, 0.2) is 5.78 Å². The van der Waals surface area contributed by atoms with Crippen LogP contribution in [0.3, 0.4) is 0 Å². The maximum atomic E-state index is 13.5. The monoisotopic (exact) mass is 456 g/mol. The summed E-state index contributed by atoms with van der Waals surface area (Å²) in [6.07, 6.45) is 0.852. The van der Waals surface area contributed by atoms with E-state index in [0.29, 0.717) is 4.88 Å². The highest BCUT2D eigenvalue weighted by molar-refractivity contribution is 7.10. The van der Waals surface area contributed by atoms with Gasteiger partial charge in [0.2, 0.25) is 0 Å². The van der Waals surface area contributed by atoms with Crippen molar-refractivity contribution in [2.75, 3.05) is 11.2 Å². The van der Waals surface area contributed by atoms with Gasteiger partial charge in [-0.1, -0.05) is 18.2 Å². The molecule has 0 saturated carbocycles. The number of thiophene rings is 1. The van der Waals surface area contributed by atoms with Gasteiger partial charge in [-0.3, -0.25) is 9.59 Å². The average molecular weight is 457 g/mol. The van der Waals surface area contributed by atoms with Crippen molar-refractivity contribution in [2.45, 2.75) is 37.9 Å². The summed E-state index contributed by atoms with van der Waals surface area (Å²) in [4.78, 5) is 25.9. The van der Waals surface area contributed by atoms with Crippen molar-refractivity contribution in [1.29, 1.82) is 0 Å². The van der Waals surface area contributed by atoms with Crippen molar-refractivity contribution in [3.8, 4) is 0 Å². The molecule has 1 heterocycles. The van der Waals surface area contributed by atoms with E-state index < -0.39 is 40.9 Å². The molecular weight excluding hydrogens is 437 g/mol. The van der Waals surface area contributed by atoms with Crippen LogP contribution < -0.4 is 10.6 Å². The second kappa shape index (κ2) is 9.66. The number of rotatable bonds is 7. The van der Waals surface area contributed by atoms with Gasteiger partial charge < -0.3 is 10.6 Å². The Balaban J connectivity index is 1.98. The number of carbonyl (C=O) groups excluding carboxylic acids is 2. The molecule has 1 aliphatic carbocycles. The number of amides is 1. The molecule has 0 fully saturated rings. The van der Waals surface area contributed by atoms with Crippen LogP contribution in [0.4, 0.5) is 18.9 Å². The molecule has 0 spiro atoms. The average Bonchev–Trinajstić information content (AvgIpc) is 3.25. The summed E-state index contributed by atoms with van der Waals surface area (Å²) in [5.41, 5.74) is -0.929. The Bertz CT molecular complexity index is 942. The van der Waals surface area contributed by atoms with Crippen molar-refractivity contribution in [2.24, 2.45) is 0 Å². The predicted octanol–water partition coefficient (Wildman–Crippen LogP) is 5.92. The fourth-order valence-electron chi connectivity index (χ4n) is 3.34. The molecule has 4 nitrogen and oxygen atoms in total. The third kappa shape index (κ3) is 5.23. The number of hydrogen-bond donors (Lipinski definition) is 2. The standard InChI is InChI=1S/C21H20ClF3N2O2S/c22-12-16(28)18-14(21(23,24)25)8-4-9-15(18)27-19(17-10-5-11-30-17)20(29)26-13-6-2-1-3-7-13/h4-6,8-11,19,27H,1-3,7,12H2,(H,26,29). The van der Waals surface area contributed by atoms with Crippen LogP contribution in [0.2, 0.25) is 0 Å². The number of allylic oxidation sites excluding steroid dienone is 2. The molecular formula is C21H20ClF3N2O2S. The lowest BCUT2D eigenvalue weighted by molar-refractivity contribution is -0.137. The van der Waals surface area contributed by atoms with Crippen molar-refractivity contribution in [3.63, 3.8) is 0 Å². The van der Waals surface area contributed by atoms with Crippen molar-refractivity contribution in [1.82, 2.24) is 5.32 Å². The van der Waals surface area contributed by atoms with Crippen molar-refractivity contribution >= 4 is 40.3 Å². The van der Waals surface area contributed by atoms with E-state index >= 15 is 0 Å². The maximum Gasteiger partial charge on any atom is 0.417 e. The quantitative estimate of drug-likeness (QED) is 0.402. The molecule has 1 aliphatic rings. The number of ketones is 1. The first-order valence-corrected chi connectivity index (χ1v) is 10.8. The van der Waals surface area contributed by atoms with Gasteiger partial charge in [0, 0.05) is 16.3 Å². The maximum absolute atomic E-state index is 13.5. The lowest BCUT2D eigenvalue weighted by atomic mass is 10.00. The third-order valence-corrected chi connectivity index (χ3v) is 5.91. The fraction of sp³-hybridized carbons (Fsp3) is 0.333. The van der Waals surface area contributed by atoms with E-state index in [-0.39, 0.29) is 5.69 Å². The Morgan fingerprint density at radius 3 is 2.57 bits per heavy atom. The van der Waals surface area contributed by atoms with E-state index in [0.717, 1.165) is 37.4 Å². The van der Waals surface area contributed by atoms with Crippen molar-refractivity contribution < 1.29 is 22.8 Å².